The van der Waals surface area contributed by atoms with E-state index < -0.39 is 6.16 Å². The van der Waals surface area contributed by atoms with E-state index in [9.17, 15) is 4.79 Å². The summed E-state index contributed by atoms with van der Waals surface area (Å²) in [7, 11) is 5.92. The molecule has 0 N–H and O–H groups in total. The van der Waals surface area contributed by atoms with Crippen molar-refractivity contribution in [1.82, 2.24) is 0 Å². The summed E-state index contributed by atoms with van der Waals surface area (Å²) < 4.78 is 16.8. The lowest BCUT2D eigenvalue weighted by molar-refractivity contribution is -0.0454. The molecule has 0 saturated heterocycles. The molecular weight excluding hydrogens is 139 g/mol. The number of ether oxygens (including phenoxy) is 3. The molecule has 0 aliphatic heterocycles. The molecule has 0 saturated carbocycles. The van der Waals surface area contributed by atoms with Crippen molar-refractivity contribution in [2.45, 2.75) is 0 Å². The molecule has 5 nitrogen and oxygen atoms in total. The van der Waals surface area contributed by atoms with E-state index in [1.807, 2.05) is 0 Å². The van der Waals surface area contributed by atoms with Gasteiger partial charge in [-0.15, -0.1) is 0 Å². The van der Waals surface area contributed by atoms with Crippen LogP contribution in [0.25, 0.3) is 0 Å². The van der Waals surface area contributed by atoms with Gasteiger partial charge in [-0.25, -0.2) is 4.79 Å². The number of hydrogen-bond donors (Lipinski definition) is 0. The Morgan fingerprint density at radius 3 is 2.50 bits per heavy atom. The molecule has 0 rings (SSSR count). The lowest BCUT2D eigenvalue weighted by atomic mass is 10.6. The zero-order valence-corrected chi connectivity index (χ0v) is 5.53. The first kappa shape index (κ1) is 9.25. The SMILES string of the molecule is [B]OCOC(=O)OCOC. The van der Waals surface area contributed by atoms with Gasteiger partial charge < -0.3 is 18.9 Å². The molecule has 0 spiro atoms. The van der Waals surface area contributed by atoms with E-state index in [0.717, 1.165) is 0 Å². The Labute approximate surface area is 59.6 Å². The Morgan fingerprint density at radius 1 is 1.40 bits per heavy atom. The molecule has 0 aliphatic carbocycles. The summed E-state index contributed by atoms with van der Waals surface area (Å²) in [6.45, 7) is -0.480. The van der Waals surface area contributed by atoms with Gasteiger partial charge in [0.2, 0.25) is 0 Å². The molecule has 0 heterocycles. The summed E-state index contributed by atoms with van der Waals surface area (Å²) in [5, 5.41) is 0. The van der Waals surface area contributed by atoms with Crippen LogP contribution in [0, 0.1) is 0 Å². The van der Waals surface area contributed by atoms with Gasteiger partial charge in [-0.05, 0) is 0 Å². The summed E-state index contributed by atoms with van der Waals surface area (Å²) in [6.07, 6.45) is -0.882. The Hall–Kier alpha value is -0.745. The molecule has 0 bridgehead atoms. The molecule has 0 aromatic rings. The molecular formula is C4H7BO5. The van der Waals surface area contributed by atoms with Gasteiger partial charge >= 0.3 is 6.16 Å². The summed E-state index contributed by atoms with van der Waals surface area (Å²) in [5.74, 6) is 0. The summed E-state index contributed by atoms with van der Waals surface area (Å²) in [4.78, 5) is 10.3. The fourth-order valence-electron chi connectivity index (χ4n) is 0.231. The Bertz CT molecular complexity index is 85.6. The van der Waals surface area contributed by atoms with Gasteiger partial charge in [0.25, 0.3) is 8.05 Å². The molecule has 6 heteroatoms. The van der Waals surface area contributed by atoms with Gasteiger partial charge in [-0.2, -0.15) is 0 Å². The highest BCUT2D eigenvalue weighted by atomic mass is 16.8. The zero-order chi connectivity index (χ0) is 7.82. The third kappa shape index (κ3) is 5.39. The van der Waals surface area contributed by atoms with E-state index in [1.165, 1.54) is 7.11 Å². The van der Waals surface area contributed by atoms with Gasteiger partial charge in [-0.1, -0.05) is 0 Å². The molecule has 0 atom stereocenters. The molecule has 2 radical (unpaired) electrons. The van der Waals surface area contributed by atoms with Crippen molar-refractivity contribution in [3.8, 4) is 0 Å². The van der Waals surface area contributed by atoms with Crippen molar-refractivity contribution < 1.29 is 23.7 Å². The highest BCUT2D eigenvalue weighted by molar-refractivity contribution is 5.97. The van der Waals surface area contributed by atoms with Gasteiger partial charge in [-0.3, -0.25) is 0 Å². The average molecular weight is 146 g/mol. The Kier molecular flexibility index (Phi) is 5.90. The van der Waals surface area contributed by atoms with Crippen molar-refractivity contribution in [1.29, 1.82) is 0 Å². The summed E-state index contributed by atoms with van der Waals surface area (Å²) >= 11 is 0. The smallest absolute Gasteiger partial charge is 0.418 e. The Morgan fingerprint density at radius 2 is 2.00 bits per heavy atom. The van der Waals surface area contributed by atoms with E-state index in [2.05, 4.69) is 26.9 Å². The number of hydrogen-bond acceptors (Lipinski definition) is 5. The van der Waals surface area contributed by atoms with Crippen LogP contribution in [0.3, 0.4) is 0 Å². The summed E-state index contributed by atoms with van der Waals surface area (Å²) in [5.41, 5.74) is 0. The van der Waals surface area contributed by atoms with Crippen LogP contribution in [-0.2, 0) is 18.9 Å². The molecule has 0 aromatic heterocycles. The van der Waals surface area contributed by atoms with Crippen LogP contribution < -0.4 is 0 Å². The van der Waals surface area contributed by atoms with Crippen molar-refractivity contribution >= 4 is 14.2 Å². The fraction of sp³-hybridized carbons (Fsp3) is 0.750. The largest absolute Gasteiger partial charge is 0.512 e. The van der Waals surface area contributed by atoms with E-state index in [-0.39, 0.29) is 13.6 Å². The van der Waals surface area contributed by atoms with Crippen molar-refractivity contribution in [3.05, 3.63) is 0 Å². The van der Waals surface area contributed by atoms with Crippen LogP contribution in [0.2, 0.25) is 0 Å². The molecule has 10 heavy (non-hydrogen) atoms. The molecule has 0 aromatic carbocycles. The minimum Gasteiger partial charge on any atom is -0.418 e. The zero-order valence-electron chi connectivity index (χ0n) is 5.53. The standard InChI is InChI=1S/C4H7BO5/c1-7-2-8-4(6)9-3-10-5/h2-3H2,1H3. The first-order valence-corrected chi connectivity index (χ1v) is 2.41. The van der Waals surface area contributed by atoms with Crippen LogP contribution in [0.1, 0.15) is 0 Å². The monoisotopic (exact) mass is 146 g/mol. The summed E-state index contributed by atoms with van der Waals surface area (Å²) in [6, 6.07) is 0. The van der Waals surface area contributed by atoms with E-state index in [0.29, 0.717) is 0 Å². The van der Waals surface area contributed by atoms with Crippen LogP contribution in [0.15, 0.2) is 0 Å². The second-order valence-corrected chi connectivity index (χ2v) is 1.23. The number of rotatable bonds is 4. The molecule has 0 fully saturated rings. The number of carbonyl (C=O) groups excluding carboxylic acids is 1. The second-order valence-electron chi connectivity index (χ2n) is 1.23. The average Bonchev–Trinajstić information content (AvgIpc) is 1.97. The molecule has 0 aliphatic rings. The third-order valence-corrected chi connectivity index (χ3v) is 0.539. The van der Waals surface area contributed by atoms with Crippen molar-refractivity contribution in [2.24, 2.45) is 0 Å². The fourth-order valence-corrected chi connectivity index (χ4v) is 0.231. The van der Waals surface area contributed by atoms with E-state index in [4.69, 9.17) is 0 Å². The first-order valence-electron chi connectivity index (χ1n) is 2.41. The minimum absolute atomic E-state index is 0.149. The molecule has 0 unspecified atom stereocenters. The lowest BCUT2D eigenvalue weighted by Gasteiger charge is -2.02. The highest BCUT2D eigenvalue weighted by Gasteiger charge is 1.99. The quantitative estimate of drug-likeness (QED) is 0.312. The lowest BCUT2D eigenvalue weighted by Crippen LogP contribution is -2.10. The van der Waals surface area contributed by atoms with Gasteiger partial charge in [0.05, 0.1) is 0 Å². The van der Waals surface area contributed by atoms with Crippen molar-refractivity contribution in [3.63, 3.8) is 0 Å². The minimum atomic E-state index is -0.882. The van der Waals surface area contributed by atoms with E-state index >= 15 is 0 Å². The normalized spacial score (nSPS) is 8.90. The van der Waals surface area contributed by atoms with Crippen molar-refractivity contribution in [2.75, 3.05) is 20.7 Å². The predicted molar refractivity (Wildman–Crippen MR) is 31.1 cm³/mol. The van der Waals surface area contributed by atoms with Gasteiger partial charge in [0.1, 0.15) is 0 Å². The maximum absolute atomic E-state index is 10.3. The van der Waals surface area contributed by atoms with E-state index in [1.54, 1.807) is 0 Å². The maximum Gasteiger partial charge on any atom is 0.512 e. The van der Waals surface area contributed by atoms with Gasteiger partial charge in [0.15, 0.2) is 13.6 Å². The topological polar surface area (TPSA) is 54.0 Å². The highest BCUT2D eigenvalue weighted by Crippen LogP contribution is 1.84. The molecule has 56 valence electrons. The van der Waals surface area contributed by atoms with Crippen LogP contribution in [-0.4, -0.2) is 34.9 Å². The maximum atomic E-state index is 10.3. The van der Waals surface area contributed by atoms with Crippen LogP contribution in [0.4, 0.5) is 4.79 Å². The number of carbonyl (C=O) groups is 1. The molecule has 0 amide bonds. The Balaban J connectivity index is 3.09. The van der Waals surface area contributed by atoms with Crippen LogP contribution >= 0.6 is 0 Å². The second kappa shape index (κ2) is 6.38. The third-order valence-electron chi connectivity index (χ3n) is 0.539. The van der Waals surface area contributed by atoms with Gasteiger partial charge in [0, 0.05) is 7.11 Å². The number of methoxy groups -OCH3 is 1. The van der Waals surface area contributed by atoms with Crippen LogP contribution in [0.5, 0.6) is 0 Å². The first-order chi connectivity index (χ1) is 4.81. The predicted octanol–water partition coefficient (Wildman–Crippen LogP) is -0.199.